The van der Waals surface area contributed by atoms with E-state index in [-0.39, 0.29) is 11.8 Å². The van der Waals surface area contributed by atoms with Gasteiger partial charge >= 0.3 is 0 Å². The molecule has 16 heavy (non-hydrogen) atoms. The highest BCUT2D eigenvalue weighted by Crippen LogP contribution is 2.39. The van der Waals surface area contributed by atoms with Gasteiger partial charge < -0.3 is 15.4 Å². The minimum absolute atomic E-state index is 0.0316. The molecule has 0 bridgehead atoms. The summed E-state index contributed by atoms with van der Waals surface area (Å²) in [5.41, 5.74) is 8.31. The highest BCUT2D eigenvalue weighted by atomic mass is 16.5. The Balaban J connectivity index is 2.19. The number of hydrogen-bond donors (Lipinski definition) is 2. The Hall–Kier alpha value is -1.81. The maximum Gasteiger partial charge on any atom is 0.142 e. The summed E-state index contributed by atoms with van der Waals surface area (Å²) in [5.74, 6) is 1.06. The van der Waals surface area contributed by atoms with Crippen molar-refractivity contribution in [1.29, 1.82) is 0 Å². The van der Waals surface area contributed by atoms with Gasteiger partial charge in [0.2, 0.25) is 0 Å². The zero-order chi connectivity index (χ0) is 11.1. The van der Waals surface area contributed by atoms with Gasteiger partial charge in [-0.2, -0.15) is 0 Å². The first kappa shape index (κ1) is 9.42. The molecule has 0 fully saturated rings. The van der Waals surface area contributed by atoms with Gasteiger partial charge in [0.1, 0.15) is 17.2 Å². The van der Waals surface area contributed by atoms with Crippen molar-refractivity contribution in [2.24, 2.45) is 5.73 Å². The van der Waals surface area contributed by atoms with Gasteiger partial charge in [-0.05, 0) is 18.6 Å². The number of aryl methyl sites for hydroxylation is 1. The van der Waals surface area contributed by atoms with Crippen LogP contribution in [0.1, 0.15) is 23.8 Å². The highest BCUT2D eigenvalue weighted by Gasteiger charge is 2.29. The van der Waals surface area contributed by atoms with Crippen LogP contribution in [0.2, 0.25) is 0 Å². The molecule has 1 aliphatic carbocycles. The zero-order valence-electron chi connectivity index (χ0n) is 8.68. The maximum absolute atomic E-state index is 9.78. The van der Waals surface area contributed by atoms with Crippen LogP contribution in [0.5, 0.6) is 5.75 Å². The lowest BCUT2D eigenvalue weighted by Gasteiger charge is -2.05. The van der Waals surface area contributed by atoms with Crippen molar-refractivity contribution >= 4 is 0 Å². The number of phenolic OH excluding ortho intramolecular Hbond substituents is 1. The van der Waals surface area contributed by atoms with E-state index in [2.05, 4.69) is 5.16 Å². The largest absolute Gasteiger partial charge is 0.507 e. The number of aromatic hydroxyl groups is 1. The van der Waals surface area contributed by atoms with E-state index in [1.807, 2.05) is 12.1 Å². The Kier molecular flexibility index (Phi) is 1.97. The minimum atomic E-state index is -0.0316. The molecule has 0 saturated heterocycles. The number of phenols is 1. The molecule has 4 heteroatoms. The Morgan fingerprint density at radius 3 is 3.00 bits per heavy atom. The fourth-order valence-electron chi connectivity index (χ4n) is 2.19. The van der Waals surface area contributed by atoms with Crippen molar-refractivity contribution in [1.82, 2.24) is 5.16 Å². The lowest BCUT2D eigenvalue weighted by atomic mass is 10.0. The van der Waals surface area contributed by atoms with E-state index < -0.39 is 0 Å². The van der Waals surface area contributed by atoms with E-state index in [0.29, 0.717) is 11.3 Å². The van der Waals surface area contributed by atoms with E-state index in [1.165, 1.54) is 0 Å². The Bertz CT molecular complexity index is 534. The lowest BCUT2D eigenvalue weighted by Crippen LogP contribution is -2.06. The van der Waals surface area contributed by atoms with Crippen LogP contribution < -0.4 is 5.73 Å². The first-order chi connectivity index (χ1) is 7.77. The molecule has 4 nitrogen and oxygen atoms in total. The van der Waals surface area contributed by atoms with E-state index in [4.69, 9.17) is 10.3 Å². The third kappa shape index (κ3) is 1.23. The average molecular weight is 216 g/mol. The fourth-order valence-corrected chi connectivity index (χ4v) is 2.19. The summed E-state index contributed by atoms with van der Waals surface area (Å²) in [6.07, 6.45) is 1.72. The summed E-state index contributed by atoms with van der Waals surface area (Å²) in [4.78, 5) is 0. The van der Waals surface area contributed by atoms with Crippen molar-refractivity contribution < 1.29 is 9.63 Å². The van der Waals surface area contributed by atoms with Gasteiger partial charge in [0.25, 0.3) is 0 Å². The molecule has 3 rings (SSSR count). The molecule has 0 radical (unpaired) electrons. The predicted molar refractivity (Wildman–Crippen MR) is 58.9 cm³/mol. The molecule has 82 valence electrons. The van der Waals surface area contributed by atoms with E-state index >= 15 is 0 Å². The molecule has 0 amide bonds. The molecule has 0 aliphatic heterocycles. The number of nitrogens with zero attached hydrogens (tertiary/aromatic N) is 1. The molecule has 0 saturated carbocycles. The molecular formula is C12H12N2O2. The van der Waals surface area contributed by atoms with Gasteiger partial charge in [0, 0.05) is 23.6 Å². The summed E-state index contributed by atoms with van der Waals surface area (Å²) in [6.45, 7) is 0. The normalized spacial score (nSPS) is 18.7. The molecule has 1 aromatic heterocycles. The topological polar surface area (TPSA) is 72.3 Å². The standard InChI is InChI=1S/C12H12N2O2/c13-8-5-6-10-11(8)12(14-16-10)7-3-1-2-4-9(7)15/h1-4,8,15H,5-6,13H2. The van der Waals surface area contributed by atoms with Crippen molar-refractivity contribution in [2.45, 2.75) is 18.9 Å². The van der Waals surface area contributed by atoms with Gasteiger partial charge in [-0.3, -0.25) is 0 Å². The fraction of sp³-hybridized carbons (Fsp3) is 0.250. The second-order valence-electron chi connectivity index (χ2n) is 4.03. The second-order valence-corrected chi connectivity index (χ2v) is 4.03. The van der Waals surface area contributed by atoms with E-state index in [1.54, 1.807) is 12.1 Å². The monoisotopic (exact) mass is 216 g/mol. The summed E-state index contributed by atoms with van der Waals surface area (Å²) in [7, 11) is 0. The van der Waals surface area contributed by atoms with Crippen LogP contribution in [0.25, 0.3) is 11.3 Å². The lowest BCUT2D eigenvalue weighted by molar-refractivity contribution is 0.387. The van der Waals surface area contributed by atoms with Crippen LogP contribution in [0.3, 0.4) is 0 Å². The van der Waals surface area contributed by atoms with E-state index in [9.17, 15) is 5.11 Å². The molecular weight excluding hydrogens is 204 g/mol. The van der Waals surface area contributed by atoms with Crippen LogP contribution >= 0.6 is 0 Å². The third-order valence-electron chi connectivity index (χ3n) is 3.02. The molecule has 1 aromatic carbocycles. The Morgan fingerprint density at radius 2 is 2.19 bits per heavy atom. The molecule has 1 unspecified atom stereocenters. The Labute approximate surface area is 92.7 Å². The summed E-state index contributed by atoms with van der Waals surface area (Å²) in [6, 6.07) is 7.06. The third-order valence-corrected chi connectivity index (χ3v) is 3.02. The summed E-state index contributed by atoms with van der Waals surface area (Å²) >= 11 is 0. The van der Waals surface area contributed by atoms with Crippen LogP contribution in [-0.2, 0) is 6.42 Å². The maximum atomic E-state index is 9.78. The molecule has 0 spiro atoms. The van der Waals surface area contributed by atoms with Crippen LogP contribution in [0.15, 0.2) is 28.8 Å². The molecule has 2 aromatic rings. The van der Waals surface area contributed by atoms with Gasteiger partial charge in [0.05, 0.1) is 0 Å². The van der Waals surface area contributed by atoms with E-state index in [0.717, 1.165) is 24.2 Å². The summed E-state index contributed by atoms with van der Waals surface area (Å²) < 4.78 is 5.25. The summed E-state index contributed by atoms with van der Waals surface area (Å²) in [5, 5.41) is 13.8. The number of fused-ring (bicyclic) bond motifs is 1. The first-order valence-electron chi connectivity index (χ1n) is 5.30. The first-order valence-corrected chi connectivity index (χ1v) is 5.30. The van der Waals surface area contributed by atoms with Crippen molar-refractivity contribution in [3.63, 3.8) is 0 Å². The number of rotatable bonds is 1. The second kappa shape index (κ2) is 3.35. The SMILES string of the molecule is NC1CCc2onc(-c3ccccc3O)c21. The number of aromatic nitrogens is 1. The number of nitrogens with two attached hydrogens (primary N) is 1. The zero-order valence-corrected chi connectivity index (χ0v) is 8.68. The van der Waals surface area contributed by atoms with Crippen molar-refractivity contribution in [3.05, 3.63) is 35.6 Å². The van der Waals surface area contributed by atoms with Crippen LogP contribution in [-0.4, -0.2) is 10.3 Å². The number of benzene rings is 1. The predicted octanol–water partition coefficient (Wildman–Crippen LogP) is 1.99. The van der Waals surface area contributed by atoms with Crippen LogP contribution in [0.4, 0.5) is 0 Å². The smallest absolute Gasteiger partial charge is 0.142 e. The molecule has 1 heterocycles. The van der Waals surface area contributed by atoms with Crippen molar-refractivity contribution in [2.75, 3.05) is 0 Å². The van der Waals surface area contributed by atoms with Crippen LogP contribution in [0, 0.1) is 0 Å². The number of para-hydroxylation sites is 1. The highest BCUT2D eigenvalue weighted by molar-refractivity contribution is 5.70. The number of hydrogen-bond acceptors (Lipinski definition) is 4. The van der Waals surface area contributed by atoms with Gasteiger partial charge in [-0.1, -0.05) is 17.3 Å². The quantitative estimate of drug-likeness (QED) is 0.764. The average Bonchev–Trinajstić information content (AvgIpc) is 2.83. The van der Waals surface area contributed by atoms with Gasteiger partial charge in [0.15, 0.2) is 0 Å². The molecule has 1 atom stereocenters. The minimum Gasteiger partial charge on any atom is -0.507 e. The molecule has 3 N–H and O–H groups in total. The van der Waals surface area contributed by atoms with Crippen molar-refractivity contribution in [3.8, 4) is 17.0 Å². The molecule has 1 aliphatic rings. The Morgan fingerprint density at radius 1 is 1.38 bits per heavy atom. The van der Waals surface area contributed by atoms with Gasteiger partial charge in [-0.15, -0.1) is 0 Å². The van der Waals surface area contributed by atoms with Gasteiger partial charge in [-0.25, -0.2) is 0 Å².